The second-order valence-corrected chi connectivity index (χ2v) is 6.65. The van der Waals surface area contributed by atoms with Crippen molar-refractivity contribution in [1.29, 1.82) is 0 Å². The SMILES string of the molecule is COc1ccc(C(=O)NC(=S)Nc2ccc(C)cc2C)cc1I. The van der Waals surface area contributed by atoms with E-state index in [-0.39, 0.29) is 11.0 Å². The molecular weight excluding hydrogens is 423 g/mol. The monoisotopic (exact) mass is 440 g/mol. The average molecular weight is 440 g/mol. The predicted molar refractivity (Wildman–Crippen MR) is 105 cm³/mol. The van der Waals surface area contributed by atoms with Gasteiger partial charge in [-0.3, -0.25) is 10.1 Å². The molecule has 6 heteroatoms. The number of rotatable bonds is 3. The Hall–Kier alpha value is -1.67. The molecule has 2 N–H and O–H groups in total. The first-order valence-electron chi connectivity index (χ1n) is 6.94. The van der Waals surface area contributed by atoms with E-state index in [4.69, 9.17) is 17.0 Å². The Morgan fingerprint density at radius 2 is 1.91 bits per heavy atom. The normalized spacial score (nSPS) is 10.1. The topological polar surface area (TPSA) is 50.4 Å². The number of benzene rings is 2. The molecule has 0 fully saturated rings. The van der Waals surface area contributed by atoms with Crippen LogP contribution in [0.15, 0.2) is 36.4 Å². The van der Waals surface area contributed by atoms with Crippen LogP contribution in [0.5, 0.6) is 5.75 Å². The van der Waals surface area contributed by atoms with Crippen LogP contribution in [0.25, 0.3) is 0 Å². The largest absolute Gasteiger partial charge is 0.496 e. The van der Waals surface area contributed by atoms with Crippen molar-refractivity contribution >= 4 is 51.5 Å². The molecular formula is C17H17IN2O2S. The molecule has 0 spiro atoms. The molecule has 0 aliphatic heterocycles. The fourth-order valence-electron chi connectivity index (χ4n) is 2.09. The minimum absolute atomic E-state index is 0.257. The second kappa shape index (κ2) is 7.74. The van der Waals surface area contributed by atoms with Gasteiger partial charge in [-0.2, -0.15) is 0 Å². The van der Waals surface area contributed by atoms with Crippen LogP contribution in [-0.2, 0) is 0 Å². The molecule has 0 atom stereocenters. The van der Waals surface area contributed by atoms with Crippen molar-refractivity contribution in [2.75, 3.05) is 12.4 Å². The molecule has 0 unspecified atom stereocenters. The third-order valence-electron chi connectivity index (χ3n) is 3.27. The Morgan fingerprint density at radius 3 is 2.52 bits per heavy atom. The maximum absolute atomic E-state index is 12.3. The molecule has 0 aliphatic rings. The first-order valence-corrected chi connectivity index (χ1v) is 8.42. The van der Waals surface area contributed by atoms with Gasteiger partial charge in [0, 0.05) is 11.3 Å². The summed E-state index contributed by atoms with van der Waals surface area (Å²) in [4.78, 5) is 12.3. The predicted octanol–water partition coefficient (Wildman–Crippen LogP) is 4.04. The third-order valence-corrected chi connectivity index (χ3v) is 4.32. The Kier molecular flexibility index (Phi) is 5.95. The van der Waals surface area contributed by atoms with Gasteiger partial charge in [0.25, 0.3) is 5.91 Å². The van der Waals surface area contributed by atoms with Crippen molar-refractivity contribution in [2.45, 2.75) is 13.8 Å². The van der Waals surface area contributed by atoms with E-state index in [9.17, 15) is 4.79 Å². The van der Waals surface area contributed by atoms with Crippen LogP contribution >= 0.6 is 34.8 Å². The van der Waals surface area contributed by atoms with Crippen LogP contribution in [0.1, 0.15) is 21.5 Å². The van der Waals surface area contributed by atoms with Crippen LogP contribution in [0.2, 0.25) is 0 Å². The van der Waals surface area contributed by atoms with E-state index < -0.39 is 0 Å². The van der Waals surface area contributed by atoms with Crippen LogP contribution in [0, 0.1) is 17.4 Å². The summed E-state index contributed by atoms with van der Waals surface area (Å²) in [6, 6.07) is 11.2. The molecule has 0 aliphatic carbocycles. The average Bonchev–Trinajstić information content (AvgIpc) is 2.50. The number of amides is 1. The summed E-state index contributed by atoms with van der Waals surface area (Å²) in [5.74, 6) is 0.478. The van der Waals surface area contributed by atoms with Crippen molar-refractivity contribution in [3.63, 3.8) is 0 Å². The molecule has 2 rings (SSSR count). The summed E-state index contributed by atoms with van der Waals surface area (Å²) in [6.45, 7) is 4.02. The lowest BCUT2D eigenvalue weighted by Gasteiger charge is -2.12. The third kappa shape index (κ3) is 4.65. The van der Waals surface area contributed by atoms with Crippen LogP contribution in [-0.4, -0.2) is 18.1 Å². The van der Waals surface area contributed by atoms with E-state index in [1.165, 1.54) is 5.56 Å². The van der Waals surface area contributed by atoms with Gasteiger partial charge in [0.2, 0.25) is 0 Å². The van der Waals surface area contributed by atoms with Crippen molar-refractivity contribution in [2.24, 2.45) is 0 Å². The first-order chi connectivity index (χ1) is 10.9. The van der Waals surface area contributed by atoms with E-state index in [0.717, 1.165) is 20.6 Å². The smallest absolute Gasteiger partial charge is 0.257 e. The molecule has 0 bridgehead atoms. The molecule has 1 amide bonds. The summed E-state index contributed by atoms with van der Waals surface area (Å²) in [5, 5.41) is 6.01. The standard InChI is InChI=1S/C17H17IN2O2S/c1-10-4-6-14(11(2)8-10)19-17(23)20-16(21)12-5-7-15(22-3)13(18)9-12/h4-9H,1-3H3,(H2,19,20,21,23). The zero-order chi connectivity index (χ0) is 17.0. The first kappa shape index (κ1) is 17.7. The molecule has 0 heterocycles. The van der Waals surface area contributed by atoms with E-state index in [0.29, 0.717) is 5.56 Å². The van der Waals surface area contributed by atoms with E-state index in [1.807, 2.05) is 26.0 Å². The van der Waals surface area contributed by atoms with E-state index in [1.54, 1.807) is 25.3 Å². The van der Waals surface area contributed by atoms with E-state index >= 15 is 0 Å². The summed E-state index contributed by atoms with van der Waals surface area (Å²) in [7, 11) is 1.60. The lowest BCUT2D eigenvalue weighted by atomic mass is 10.1. The van der Waals surface area contributed by atoms with Gasteiger partial charge in [0.1, 0.15) is 5.75 Å². The number of aryl methyl sites for hydroxylation is 2. The van der Waals surface area contributed by atoms with Gasteiger partial charge >= 0.3 is 0 Å². The van der Waals surface area contributed by atoms with Gasteiger partial charge in [-0.25, -0.2) is 0 Å². The molecule has 120 valence electrons. The van der Waals surface area contributed by atoms with Crippen LogP contribution in [0.4, 0.5) is 5.69 Å². The molecule has 2 aromatic rings. The Labute approximate surface area is 154 Å². The highest BCUT2D eigenvalue weighted by molar-refractivity contribution is 14.1. The van der Waals surface area contributed by atoms with Crippen molar-refractivity contribution in [1.82, 2.24) is 5.32 Å². The maximum atomic E-state index is 12.3. The van der Waals surface area contributed by atoms with Gasteiger partial charge < -0.3 is 10.1 Å². The van der Waals surface area contributed by atoms with Crippen molar-refractivity contribution in [3.05, 3.63) is 56.7 Å². The minimum Gasteiger partial charge on any atom is -0.496 e. The number of thiocarbonyl (C=S) groups is 1. The highest BCUT2D eigenvalue weighted by Crippen LogP contribution is 2.21. The zero-order valence-corrected chi connectivity index (χ0v) is 16.0. The molecule has 2 aromatic carbocycles. The number of halogens is 1. The fraction of sp³-hybridized carbons (Fsp3) is 0.176. The molecule has 23 heavy (non-hydrogen) atoms. The maximum Gasteiger partial charge on any atom is 0.257 e. The highest BCUT2D eigenvalue weighted by Gasteiger charge is 2.11. The molecule has 0 aromatic heterocycles. The lowest BCUT2D eigenvalue weighted by molar-refractivity contribution is 0.0977. The fourth-order valence-corrected chi connectivity index (χ4v) is 3.03. The lowest BCUT2D eigenvalue weighted by Crippen LogP contribution is -2.34. The summed E-state index contributed by atoms with van der Waals surface area (Å²) < 4.78 is 6.05. The Balaban J connectivity index is 2.05. The van der Waals surface area contributed by atoms with Crippen molar-refractivity contribution in [3.8, 4) is 5.75 Å². The molecule has 0 saturated carbocycles. The van der Waals surface area contributed by atoms with Gasteiger partial charge in [-0.1, -0.05) is 17.7 Å². The minimum atomic E-state index is -0.257. The molecule has 4 nitrogen and oxygen atoms in total. The van der Waals surface area contributed by atoms with Gasteiger partial charge in [0.15, 0.2) is 5.11 Å². The number of carbonyl (C=O) groups excluding carboxylic acids is 1. The highest BCUT2D eigenvalue weighted by atomic mass is 127. The molecule has 0 radical (unpaired) electrons. The van der Waals surface area contributed by atoms with Crippen molar-refractivity contribution < 1.29 is 9.53 Å². The number of nitrogens with one attached hydrogen (secondary N) is 2. The number of ether oxygens (including phenoxy) is 1. The Morgan fingerprint density at radius 1 is 1.17 bits per heavy atom. The Bertz CT molecular complexity index is 762. The molecule has 0 saturated heterocycles. The van der Waals surface area contributed by atoms with Crippen LogP contribution < -0.4 is 15.4 Å². The summed E-state index contributed by atoms with van der Waals surface area (Å²) in [5.41, 5.74) is 3.65. The number of methoxy groups -OCH3 is 1. The summed E-state index contributed by atoms with van der Waals surface area (Å²) in [6.07, 6.45) is 0. The number of anilines is 1. The van der Waals surface area contributed by atoms with Gasteiger partial charge in [0.05, 0.1) is 10.7 Å². The quantitative estimate of drug-likeness (QED) is 0.559. The number of hydrogen-bond acceptors (Lipinski definition) is 3. The van der Waals surface area contributed by atoms with Crippen LogP contribution in [0.3, 0.4) is 0 Å². The number of carbonyl (C=O) groups is 1. The zero-order valence-electron chi connectivity index (χ0n) is 13.1. The second-order valence-electron chi connectivity index (χ2n) is 5.08. The van der Waals surface area contributed by atoms with Gasteiger partial charge in [-0.05, 0) is 78.5 Å². The summed E-state index contributed by atoms with van der Waals surface area (Å²) >= 11 is 7.34. The number of hydrogen-bond donors (Lipinski definition) is 2. The van der Waals surface area contributed by atoms with Gasteiger partial charge in [-0.15, -0.1) is 0 Å². The van der Waals surface area contributed by atoms with E-state index in [2.05, 4.69) is 39.3 Å².